The standard InChI is InChI=1S/C22H27N5O3S/c1-12-3-6-16-17(7-12)31-21-19(16)20-24-27(22(29)26(20)11-23-21)10-18(28)30-15-8-13-4-5-14(9-15)25(13)2/h11-15H,3-10H2,1-2H3/t12-,13+,14+/m1/s1. The number of fused-ring (bicyclic) bond motifs is 7. The first-order chi connectivity index (χ1) is 15.0. The average Bonchev–Trinajstić information content (AvgIpc) is 3.30. The van der Waals surface area contributed by atoms with Crippen molar-refractivity contribution in [1.29, 1.82) is 0 Å². The minimum Gasteiger partial charge on any atom is -0.461 e. The number of thiophene rings is 1. The summed E-state index contributed by atoms with van der Waals surface area (Å²) in [7, 11) is 2.16. The summed E-state index contributed by atoms with van der Waals surface area (Å²) < 4.78 is 8.46. The van der Waals surface area contributed by atoms with Gasteiger partial charge in [0.1, 0.15) is 23.8 Å². The van der Waals surface area contributed by atoms with Crippen LogP contribution < -0.4 is 5.69 Å². The summed E-state index contributed by atoms with van der Waals surface area (Å²) in [5.41, 5.74) is 1.54. The Bertz CT molecular complexity index is 1230. The molecular weight excluding hydrogens is 414 g/mol. The minimum atomic E-state index is -0.384. The van der Waals surface area contributed by atoms with Crippen LogP contribution in [-0.2, 0) is 28.9 Å². The number of carbonyl (C=O) groups excluding carboxylic acids is 1. The van der Waals surface area contributed by atoms with Gasteiger partial charge in [0.2, 0.25) is 0 Å². The molecule has 0 radical (unpaired) electrons. The van der Waals surface area contributed by atoms with Crippen molar-refractivity contribution in [2.45, 2.75) is 76.6 Å². The van der Waals surface area contributed by atoms with E-state index in [9.17, 15) is 9.59 Å². The number of rotatable bonds is 3. The molecule has 3 atom stereocenters. The number of carbonyl (C=O) groups is 1. The van der Waals surface area contributed by atoms with Crippen LogP contribution in [0.15, 0.2) is 11.1 Å². The van der Waals surface area contributed by atoms with Gasteiger partial charge in [0.15, 0.2) is 5.65 Å². The van der Waals surface area contributed by atoms with Gasteiger partial charge in [0, 0.05) is 17.0 Å². The van der Waals surface area contributed by atoms with Gasteiger partial charge in [-0.15, -0.1) is 16.4 Å². The molecule has 5 heterocycles. The molecule has 2 fully saturated rings. The lowest BCUT2D eigenvalue weighted by Gasteiger charge is -2.35. The van der Waals surface area contributed by atoms with Gasteiger partial charge in [-0.25, -0.2) is 18.9 Å². The van der Waals surface area contributed by atoms with Crippen molar-refractivity contribution in [1.82, 2.24) is 24.1 Å². The van der Waals surface area contributed by atoms with Gasteiger partial charge in [-0.05, 0) is 63.5 Å². The average molecular weight is 442 g/mol. The molecule has 0 N–H and O–H groups in total. The van der Waals surface area contributed by atoms with E-state index in [1.54, 1.807) is 11.3 Å². The summed E-state index contributed by atoms with van der Waals surface area (Å²) in [6.07, 6.45) is 8.75. The summed E-state index contributed by atoms with van der Waals surface area (Å²) in [4.78, 5) is 34.8. The molecule has 3 aromatic rings. The van der Waals surface area contributed by atoms with Crippen molar-refractivity contribution in [2.75, 3.05) is 7.05 Å². The zero-order valence-corrected chi connectivity index (χ0v) is 18.7. The second kappa shape index (κ2) is 7.13. The highest BCUT2D eigenvalue weighted by atomic mass is 32.1. The van der Waals surface area contributed by atoms with Crippen molar-refractivity contribution in [3.05, 3.63) is 27.3 Å². The summed E-state index contributed by atoms with van der Waals surface area (Å²) in [6.45, 7) is 2.12. The molecule has 2 bridgehead atoms. The van der Waals surface area contributed by atoms with Gasteiger partial charge >= 0.3 is 11.7 Å². The van der Waals surface area contributed by atoms with Gasteiger partial charge in [0.25, 0.3) is 0 Å². The topological polar surface area (TPSA) is 81.7 Å². The zero-order chi connectivity index (χ0) is 21.3. The van der Waals surface area contributed by atoms with Gasteiger partial charge in [-0.3, -0.25) is 4.79 Å². The highest BCUT2D eigenvalue weighted by Crippen LogP contribution is 2.38. The molecule has 2 aliphatic heterocycles. The van der Waals surface area contributed by atoms with Crippen LogP contribution >= 0.6 is 11.3 Å². The van der Waals surface area contributed by atoms with Gasteiger partial charge in [-0.1, -0.05) is 6.92 Å². The van der Waals surface area contributed by atoms with Gasteiger partial charge in [-0.2, -0.15) is 0 Å². The number of hydrogen-bond donors (Lipinski definition) is 0. The predicted molar refractivity (Wildman–Crippen MR) is 118 cm³/mol. The SMILES string of the molecule is C[C@@H]1CCc2c(sc3ncn4c(=O)n(CC(=O)OC5C[C@@H]6CC[C@@H](C5)N6C)nc4c23)C1. The molecular formula is C22H27N5O3S. The van der Waals surface area contributed by atoms with Crippen LogP contribution in [0.2, 0.25) is 0 Å². The fourth-order valence-electron chi connectivity index (χ4n) is 5.77. The Hall–Kier alpha value is -2.26. The fourth-order valence-corrected chi connectivity index (χ4v) is 7.11. The predicted octanol–water partition coefficient (Wildman–Crippen LogP) is 2.40. The first-order valence-electron chi connectivity index (χ1n) is 11.3. The molecule has 9 heteroatoms. The Morgan fingerprint density at radius 1 is 1.26 bits per heavy atom. The Morgan fingerprint density at radius 2 is 2.03 bits per heavy atom. The molecule has 164 valence electrons. The van der Waals surface area contributed by atoms with Gasteiger partial charge < -0.3 is 9.64 Å². The molecule has 0 spiro atoms. The van der Waals surface area contributed by atoms with Crippen molar-refractivity contribution in [3.63, 3.8) is 0 Å². The second-order valence-corrected chi connectivity index (χ2v) is 10.6. The van der Waals surface area contributed by atoms with E-state index in [2.05, 4.69) is 29.0 Å². The van der Waals surface area contributed by atoms with E-state index in [0.29, 0.717) is 23.6 Å². The van der Waals surface area contributed by atoms with E-state index in [-0.39, 0.29) is 24.3 Å². The van der Waals surface area contributed by atoms with E-state index in [1.165, 1.54) is 38.7 Å². The van der Waals surface area contributed by atoms with Crippen LogP contribution in [0.25, 0.3) is 15.9 Å². The highest BCUT2D eigenvalue weighted by Gasteiger charge is 2.40. The van der Waals surface area contributed by atoms with Crippen LogP contribution in [0.1, 0.15) is 49.5 Å². The number of aromatic nitrogens is 4. The molecule has 8 nitrogen and oxygen atoms in total. The highest BCUT2D eigenvalue weighted by molar-refractivity contribution is 7.19. The number of hydrogen-bond acceptors (Lipinski definition) is 7. The Kier molecular flexibility index (Phi) is 4.47. The molecule has 6 rings (SSSR count). The van der Waals surface area contributed by atoms with E-state index in [4.69, 9.17) is 4.74 Å². The first kappa shape index (κ1) is 19.4. The third-order valence-corrected chi connectivity index (χ3v) is 8.67. The monoisotopic (exact) mass is 441 g/mol. The molecule has 3 aliphatic rings. The number of aryl methyl sites for hydroxylation is 1. The molecule has 0 amide bonds. The normalized spacial score (nSPS) is 28.3. The molecule has 0 aromatic carbocycles. The summed E-state index contributed by atoms with van der Waals surface area (Å²) >= 11 is 1.71. The Morgan fingerprint density at radius 3 is 2.81 bits per heavy atom. The maximum Gasteiger partial charge on any atom is 0.352 e. The quantitative estimate of drug-likeness (QED) is 0.581. The number of esters is 1. The van der Waals surface area contributed by atoms with Crippen LogP contribution in [-0.4, -0.2) is 55.3 Å². The van der Waals surface area contributed by atoms with E-state index >= 15 is 0 Å². The lowest BCUT2D eigenvalue weighted by Crippen LogP contribution is -2.43. The number of piperidine rings is 1. The fraction of sp³-hybridized carbons (Fsp3) is 0.636. The van der Waals surface area contributed by atoms with Crippen molar-refractivity contribution in [3.8, 4) is 0 Å². The maximum absolute atomic E-state index is 12.9. The van der Waals surface area contributed by atoms with E-state index < -0.39 is 0 Å². The molecule has 0 unspecified atom stereocenters. The molecule has 31 heavy (non-hydrogen) atoms. The minimum absolute atomic E-state index is 0.0619. The largest absolute Gasteiger partial charge is 0.461 e. The molecule has 2 saturated heterocycles. The van der Waals surface area contributed by atoms with E-state index in [0.717, 1.165) is 42.3 Å². The summed E-state index contributed by atoms with van der Waals surface area (Å²) in [6, 6.07) is 1.00. The lowest BCUT2D eigenvalue weighted by atomic mass is 9.89. The summed E-state index contributed by atoms with van der Waals surface area (Å²) in [5.74, 6) is 0.283. The van der Waals surface area contributed by atoms with Crippen LogP contribution in [0.5, 0.6) is 0 Å². The number of nitrogens with zero attached hydrogens (tertiary/aromatic N) is 5. The molecule has 1 aliphatic carbocycles. The van der Waals surface area contributed by atoms with Gasteiger partial charge in [0.05, 0.1) is 5.39 Å². The second-order valence-electron chi connectivity index (χ2n) is 9.54. The molecule has 3 aromatic heterocycles. The third-order valence-electron chi connectivity index (χ3n) is 7.51. The smallest absolute Gasteiger partial charge is 0.352 e. The van der Waals surface area contributed by atoms with Crippen LogP contribution in [0.3, 0.4) is 0 Å². The van der Waals surface area contributed by atoms with Crippen LogP contribution in [0, 0.1) is 5.92 Å². The van der Waals surface area contributed by atoms with Crippen molar-refractivity contribution < 1.29 is 9.53 Å². The Balaban J connectivity index is 1.27. The third kappa shape index (κ3) is 3.12. The first-order valence-corrected chi connectivity index (χ1v) is 12.1. The summed E-state index contributed by atoms with van der Waals surface area (Å²) in [5, 5.41) is 5.53. The lowest BCUT2D eigenvalue weighted by molar-refractivity contribution is -0.153. The van der Waals surface area contributed by atoms with Crippen LogP contribution in [0.4, 0.5) is 0 Å². The Labute approximate surface area is 183 Å². The maximum atomic E-state index is 12.9. The van der Waals surface area contributed by atoms with E-state index in [1.807, 2.05) is 0 Å². The van der Waals surface area contributed by atoms with Crippen molar-refractivity contribution in [2.24, 2.45) is 5.92 Å². The number of ether oxygens (including phenoxy) is 1. The van der Waals surface area contributed by atoms with Crippen molar-refractivity contribution >= 4 is 33.2 Å². The zero-order valence-electron chi connectivity index (χ0n) is 17.9. The molecule has 0 saturated carbocycles.